The van der Waals surface area contributed by atoms with E-state index in [1.807, 2.05) is 13.1 Å². The van der Waals surface area contributed by atoms with Crippen LogP contribution in [-0.2, 0) is 6.42 Å². The normalized spacial score (nSPS) is 12.6. The largest absolute Gasteiger partial charge is 0.347 e. The molecule has 1 heterocycles. The fraction of sp³-hybridized carbons (Fsp3) is 0.250. The molecule has 17 heavy (non-hydrogen) atoms. The van der Waals surface area contributed by atoms with E-state index < -0.39 is 0 Å². The van der Waals surface area contributed by atoms with Crippen LogP contribution in [-0.4, -0.2) is 17.0 Å². The van der Waals surface area contributed by atoms with Gasteiger partial charge in [0.2, 0.25) is 0 Å². The Bertz CT molecular complexity index is 485. The predicted molar refractivity (Wildman–Crippen MR) is 68.2 cm³/mol. The molecule has 0 radical (unpaired) electrons. The van der Waals surface area contributed by atoms with Gasteiger partial charge in [0.05, 0.1) is 6.04 Å². The maximum absolute atomic E-state index is 13.7. The van der Waals surface area contributed by atoms with Crippen LogP contribution in [0.4, 0.5) is 4.39 Å². The summed E-state index contributed by atoms with van der Waals surface area (Å²) in [5.41, 5.74) is 0.670. The number of rotatable bonds is 4. The Balaban J connectivity index is 2.19. The number of imidazole rings is 1. The molecule has 0 saturated carbocycles. The van der Waals surface area contributed by atoms with Gasteiger partial charge < -0.3 is 10.3 Å². The van der Waals surface area contributed by atoms with E-state index in [2.05, 4.69) is 31.2 Å². The number of H-pyrrole nitrogens is 1. The molecule has 1 aromatic heterocycles. The lowest BCUT2D eigenvalue weighted by Gasteiger charge is -2.14. The Morgan fingerprint density at radius 3 is 2.94 bits per heavy atom. The van der Waals surface area contributed by atoms with Crippen molar-refractivity contribution in [2.75, 3.05) is 7.05 Å². The third kappa shape index (κ3) is 2.92. The van der Waals surface area contributed by atoms with Crippen LogP contribution < -0.4 is 5.32 Å². The van der Waals surface area contributed by atoms with E-state index in [1.54, 1.807) is 18.5 Å². The van der Waals surface area contributed by atoms with Crippen molar-refractivity contribution in [3.8, 4) is 0 Å². The number of hydrogen-bond donors (Lipinski definition) is 2. The summed E-state index contributed by atoms with van der Waals surface area (Å²) in [5.74, 6) is 0.612. The number of benzene rings is 1. The smallest absolute Gasteiger partial charge is 0.127 e. The molecule has 0 aliphatic heterocycles. The average Bonchev–Trinajstić information content (AvgIpc) is 2.81. The van der Waals surface area contributed by atoms with E-state index in [9.17, 15) is 4.39 Å². The minimum Gasteiger partial charge on any atom is -0.347 e. The molecule has 1 aromatic carbocycles. The van der Waals surface area contributed by atoms with E-state index in [-0.39, 0.29) is 11.9 Å². The Kier molecular flexibility index (Phi) is 3.91. The first kappa shape index (κ1) is 12.3. The van der Waals surface area contributed by atoms with Crippen molar-refractivity contribution in [1.82, 2.24) is 15.3 Å². The van der Waals surface area contributed by atoms with E-state index >= 15 is 0 Å². The molecular formula is C12H13BrFN3. The van der Waals surface area contributed by atoms with Crippen LogP contribution in [0.25, 0.3) is 0 Å². The van der Waals surface area contributed by atoms with Gasteiger partial charge in [-0.2, -0.15) is 0 Å². The predicted octanol–water partition coefficient (Wildman–Crippen LogP) is 2.81. The van der Waals surface area contributed by atoms with Gasteiger partial charge in [-0.3, -0.25) is 0 Å². The number of aromatic amines is 1. The monoisotopic (exact) mass is 297 g/mol. The summed E-state index contributed by atoms with van der Waals surface area (Å²) in [5, 5.41) is 3.12. The molecule has 0 aliphatic carbocycles. The average molecular weight is 298 g/mol. The number of hydrogen-bond acceptors (Lipinski definition) is 2. The number of nitrogens with zero attached hydrogens (tertiary/aromatic N) is 1. The van der Waals surface area contributed by atoms with Gasteiger partial charge in [0.15, 0.2) is 0 Å². The summed E-state index contributed by atoms with van der Waals surface area (Å²) in [6.45, 7) is 0. The van der Waals surface area contributed by atoms with E-state index in [4.69, 9.17) is 0 Å². The van der Waals surface area contributed by atoms with Crippen molar-refractivity contribution < 1.29 is 4.39 Å². The third-order valence-corrected chi connectivity index (χ3v) is 3.13. The van der Waals surface area contributed by atoms with Crippen LogP contribution >= 0.6 is 15.9 Å². The number of aromatic nitrogens is 2. The maximum atomic E-state index is 13.7. The third-order valence-electron chi connectivity index (χ3n) is 2.64. The molecule has 2 N–H and O–H groups in total. The second-order valence-corrected chi connectivity index (χ2v) is 4.67. The first-order chi connectivity index (χ1) is 8.20. The maximum Gasteiger partial charge on any atom is 0.127 e. The first-order valence-corrected chi connectivity index (χ1v) is 6.10. The van der Waals surface area contributed by atoms with E-state index in [1.165, 1.54) is 6.07 Å². The molecule has 0 aliphatic rings. The van der Waals surface area contributed by atoms with E-state index in [0.717, 1.165) is 10.3 Å². The second-order valence-electron chi connectivity index (χ2n) is 3.76. The van der Waals surface area contributed by atoms with Crippen molar-refractivity contribution >= 4 is 15.9 Å². The van der Waals surface area contributed by atoms with Crippen LogP contribution in [0.1, 0.15) is 17.4 Å². The molecule has 0 spiro atoms. The van der Waals surface area contributed by atoms with Crippen molar-refractivity contribution in [2.24, 2.45) is 0 Å². The number of likely N-dealkylation sites (N-methyl/N-ethyl adjacent to an activating group) is 1. The molecule has 0 bridgehead atoms. The minimum absolute atomic E-state index is 0.0133. The van der Waals surface area contributed by atoms with Crippen LogP contribution in [0.2, 0.25) is 0 Å². The highest BCUT2D eigenvalue weighted by molar-refractivity contribution is 9.10. The van der Waals surface area contributed by atoms with Gasteiger partial charge >= 0.3 is 0 Å². The molecule has 1 atom stereocenters. The van der Waals surface area contributed by atoms with Crippen LogP contribution in [0.15, 0.2) is 35.1 Å². The topological polar surface area (TPSA) is 40.7 Å². The lowest BCUT2D eigenvalue weighted by Crippen LogP contribution is -2.20. The Morgan fingerprint density at radius 2 is 2.35 bits per heavy atom. The Hall–Kier alpha value is -1.20. The summed E-state index contributed by atoms with van der Waals surface area (Å²) in [6, 6.07) is 5.09. The van der Waals surface area contributed by atoms with Gasteiger partial charge in [-0.15, -0.1) is 0 Å². The molecule has 90 valence electrons. The van der Waals surface area contributed by atoms with Gasteiger partial charge in [0.25, 0.3) is 0 Å². The number of nitrogens with one attached hydrogen (secondary N) is 2. The molecule has 0 fully saturated rings. The summed E-state index contributed by atoms with van der Waals surface area (Å²) in [4.78, 5) is 7.21. The van der Waals surface area contributed by atoms with Gasteiger partial charge in [-0.1, -0.05) is 22.0 Å². The van der Waals surface area contributed by atoms with Gasteiger partial charge in [0.1, 0.15) is 11.6 Å². The summed E-state index contributed by atoms with van der Waals surface area (Å²) in [7, 11) is 1.84. The Labute approximate surface area is 108 Å². The second kappa shape index (κ2) is 5.42. The zero-order chi connectivity index (χ0) is 12.3. The van der Waals surface area contributed by atoms with Gasteiger partial charge in [-0.05, 0) is 31.2 Å². The molecule has 5 heteroatoms. The molecule has 3 nitrogen and oxygen atoms in total. The van der Waals surface area contributed by atoms with Gasteiger partial charge in [0, 0.05) is 16.9 Å². The standard InChI is InChI=1S/C12H13BrFN3/c1-15-11(12-16-4-5-17-12)6-8-2-3-9(13)7-10(8)14/h2-5,7,11,15H,6H2,1H3,(H,16,17). The lowest BCUT2D eigenvalue weighted by atomic mass is 10.1. The molecule has 0 amide bonds. The summed E-state index contributed by atoms with van der Waals surface area (Å²) >= 11 is 3.24. The summed E-state index contributed by atoms with van der Waals surface area (Å²) < 4.78 is 14.4. The van der Waals surface area contributed by atoms with Crippen molar-refractivity contribution in [3.63, 3.8) is 0 Å². The fourth-order valence-corrected chi connectivity index (χ4v) is 2.04. The molecular weight excluding hydrogens is 285 g/mol. The zero-order valence-corrected chi connectivity index (χ0v) is 11.0. The van der Waals surface area contributed by atoms with Crippen molar-refractivity contribution in [1.29, 1.82) is 0 Å². The van der Waals surface area contributed by atoms with E-state index in [0.29, 0.717) is 12.0 Å². The zero-order valence-electron chi connectivity index (χ0n) is 9.37. The SMILES string of the molecule is CNC(Cc1ccc(Br)cc1F)c1ncc[nH]1. The van der Waals surface area contributed by atoms with Gasteiger partial charge in [-0.25, -0.2) is 9.37 Å². The lowest BCUT2D eigenvalue weighted by molar-refractivity contribution is 0.536. The quantitative estimate of drug-likeness (QED) is 0.911. The molecule has 2 aromatic rings. The van der Waals surface area contributed by atoms with Crippen LogP contribution in [0.5, 0.6) is 0 Å². The Morgan fingerprint density at radius 1 is 1.53 bits per heavy atom. The highest BCUT2D eigenvalue weighted by Gasteiger charge is 2.14. The fourth-order valence-electron chi connectivity index (χ4n) is 1.71. The first-order valence-electron chi connectivity index (χ1n) is 5.31. The minimum atomic E-state index is -0.203. The van der Waals surface area contributed by atoms with Crippen LogP contribution in [0.3, 0.4) is 0 Å². The van der Waals surface area contributed by atoms with Crippen LogP contribution in [0, 0.1) is 5.82 Å². The van der Waals surface area contributed by atoms with Crippen molar-refractivity contribution in [2.45, 2.75) is 12.5 Å². The highest BCUT2D eigenvalue weighted by Crippen LogP contribution is 2.20. The molecule has 0 saturated heterocycles. The number of halogens is 2. The highest BCUT2D eigenvalue weighted by atomic mass is 79.9. The molecule has 1 unspecified atom stereocenters. The van der Waals surface area contributed by atoms with Crippen molar-refractivity contribution in [3.05, 3.63) is 52.3 Å². The summed E-state index contributed by atoms with van der Waals surface area (Å²) in [6.07, 6.45) is 4.01. The molecule has 2 rings (SSSR count).